The van der Waals surface area contributed by atoms with Crippen molar-refractivity contribution in [2.75, 3.05) is 6.61 Å². The Bertz CT molecular complexity index is 585. The molecular formula is C14H12Cl4O4. The Labute approximate surface area is 147 Å². The summed E-state index contributed by atoms with van der Waals surface area (Å²) < 4.78 is 9.81. The Hall–Kier alpha value is -0.940. The van der Waals surface area contributed by atoms with E-state index in [0.29, 0.717) is 0 Å². The Morgan fingerprint density at radius 1 is 1.05 bits per heavy atom. The fourth-order valence-electron chi connectivity index (χ4n) is 1.21. The van der Waals surface area contributed by atoms with Crippen molar-refractivity contribution in [3.05, 3.63) is 38.3 Å². The van der Waals surface area contributed by atoms with Crippen LogP contribution in [0.1, 0.15) is 13.8 Å². The van der Waals surface area contributed by atoms with Gasteiger partial charge in [-0.1, -0.05) is 60.3 Å². The van der Waals surface area contributed by atoms with Crippen molar-refractivity contribution < 1.29 is 19.1 Å². The predicted molar refractivity (Wildman–Crippen MR) is 87.1 cm³/mol. The zero-order valence-electron chi connectivity index (χ0n) is 11.7. The van der Waals surface area contributed by atoms with E-state index in [1.807, 2.05) is 13.8 Å². The SMILES string of the molecule is CC(C)COC(=O)/C=C/C(=O)Oc1c(Cl)c(Cl)cc(Cl)c1Cl. The van der Waals surface area contributed by atoms with E-state index < -0.39 is 11.9 Å². The van der Waals surface area contributed by atoms with Crippen molar-refractivity contribution in [2.24, 2.45) is 5.92 Å². The van der Waals surface area contributed by atoms with Gasteiger partial charge >= 0.3 is 11.9 Å². The number of carbonyl (C=O) groups is 2. The molecule has 0 aliphatic rings. The van der Waals surface area contributed by atoms with Gasteiger partial charge in [-0.25, -0.2) is 9.59 Å². The molecule has 0 saturated heterocycles. The molecule has 1 aromatic rings. The Kier molecular flexibility index (Phi) is 7.49. The molecule has 0 spiro atoms. The van der Waals surface area contributed by atoms with Gasteiger partial charge in [0, 0.05) is 12.2 Å². The third kappa shape index (κ3) is 5.69. The molecule has 0 aliphatic heterocycles. The highest BCUT2D eigenvalue weighted by Crippen LogP contribution is 2.42. The molecule has 8 heteroatoms. The summed E-state index contributed by atoms with van der Waals surface area (Å²) in [6.07, 6.45) is 1.84. The fraction of sp³-hybridized carbons (Fsp3) is 0.286. The standard InChI is InChI=1S/C14H12Cl4O4/c1-7(2)6-21-10(19)3-4-11(20)22-14-12(17)8(15)5-9(16)13(14)18/h3-5,7H,6H2,1-2H3/b4-3+. The number of ether oxygens (including phenoxy) is 2. The van der Waals surface area contributed by atoms with Crippen molar-refractivity contribution in [3.63, 3.8) is 0 Å². The van der Waals surface area contributed by atoms with Crippen molar-refractivity contribution in [1.29, 1.82) is 0 Å². The third-order valence-electron chi connectivity index (χ3n) is 2.19. The van der Waals surface area contributed by atoms with Crippen LogP contribution in [0.3, 0.4) is 0 Å². The molecule has 0 amide bonds. The molecule has 0 heterocycles. The van der Waals surface area contributed by atoms with Gasteiger partial charge in [-0.05, 0) is 12.0 Å². The Morgan fingerprint density at radius 2 is 1.55 bits per heavy atom. The predicted octanol–water partition coefficient (Wildman–Crippen LogP) is 4.96. The summed E-state index contributed by atoms with van der Waals surface area (Å²) in [4.78, 5) is 23.0. The molecule has 0 radical (unpaired) electrons. The summed E-state index contributed by atoms with van der Waals surface area (Å²) in [6, 6.07) is 1.32. The van der Waals surface area contributed by atoms with Gasteiger partial charge < -0.3 is 9.47 Å². The first-order chi connectivity index (χ1) is 10.2. The van der Waals surface area contributed by atoms with Crippen LogP contribution in [0.2, 0.25) is 20.1 Å². The van der Waals surface area contributed by atoms with E-state index in [-0.39, 0.29) is 38.4 Å². The van der Waals surface area contributed by atoms with E-state index >= 15 is 0 Å². The number of benzene rings is 1. The molecule has 1 rings (SSSR count). The van der Waals surface area contributed by atoms with Gasteiger partial charge in [-0.15, -0.1) is 0 Å². The van der Waals surface area contributed by atoms with Crippen LogP contribution in [0.4, 0.5) is 0 Å². The molecule has 0 atom stereocenters. The highest BCUT2D eigenvalue weighted by atomic mass is 35.5. The maximum absolute atomic E-state index is 11.7. The van der Waals surface area contributed by atoms with E-state index in [2.05, 4.69) is 0 Å². The van der Waals surface area contributed by atoms with Crippen molar-refractivity contribution in [1.82, 2.24) is 0 Å². The molecule has 0 saturated carbocycles. The van der Waals surface area contributed by atoms with Crippen LogP contribution in [0.25, 0.3) is 0 Å². The first kappa shape index (κ1) is 19.1. The van der Waals surface area contributed by atoms with Crippen LogP contribution < -0.4 is 4.74 Å². The molecule has 0 bridgehead atoms. The minimum atomic E-state index is -0.872. The van der Waals surface area contributed by atoms with Crippen LogP contribution in [0.5, 0.6) is 5.75 Å². The summed E-state index contributed by atoms with van der Waals surface area (Å²) in [6.45, 7) is 4.02. The Balaban J connectivity index is 2.76. The van der Waals surface area contributed by atoms with Crippen molar-refractivity contribution >= 4 is 58.3 Å². The molecule has 0 fully saturated rings. The van der Waals surface area contributed by atoms with Crippen LogP contribution >= 0.6 is 46.4 Å². The summed E-state index contributed by atoms with van der Waals surface area (Å²) >= 11 is 23.4. The van der Waals surface area contributed by atoms with Crippen LogP contribution in [0.15, 0.2) is 18.2 Å². The summed E-state index contributed by atoms with van der Waals surface area (Å²) in [5.74, 6) is -1.52. The van der Waals surface area contributed by atoms with Gasteiger partial charge in [0.1, 0.15) is 10.0 Å². The molecule has 120 valence electrons. The molecule has 4 nitrogen and oxygen atoms in total. The topological polar surface area (TPSA) is 52.6 Å². The highest BCUT2D eigenvalue weighted by molar-refractivity contribution is 6.48. The van der Waals surface area contributed by atoms with Crippen LogP contribution in [-0.2, 0) is 14.3 Å². The second-order valence-corrected chi connectivity index (χ2v) is 6.15. The van der Waals surface area contributed by atoms with Crippen LogP contribution in [0, 0.1) is 5.92 Å². The maximum atomic E-state index is 11.7. The average Bonchev–Trinajstić information content (AvgIpc) is 2.45. The molecule has 22 heavy (non-hydrogen) atoms. The van der Waals surface area contributed by atoms with Gasteiger partial charge in [-0.2, -0.15) is 0 Å². The van der Waals surface area contributed by atoms with E-state index in [1.165, 1.54) is 6.07 Å². The lowest BCUT2D eigenvalue weighted by Crippen LogP contribution is -2.09. The quantitative estimate of drug-likeness (QED) is 0.311. The van der Waals surface area contributed by atoms with Gasteiger partial charge in [-0.3, -0.25) is 0 Å². The van der Waals surface area contributed by atoms with E-state index in [9.17, 15) is 9.59 Å². The number of halogens is 4. The highest BCUT2D eigenvalue weighted by Gasteiger charge is 2.17. The van der Waals surface area contributed by atoms with Crippen LogP contribution in [-0.4, -0.2) is 18.5 Å². The number of rotatable bonds is 5. The third-order valence-corrected chi connectivity index (χ3v) is 3.73. The molecule has 0 unspecified atom stereocenters. The number of carbonyl (C=O) groups excluding carboxylic acids is 2. The van der Waals surface area contributed by atoms with Crippen molar-refractivity contribution in [2.45, 2.75) is 13.8 Å². The van der Waals surface area contributed by atoms with Gasteiger partial charge in [0.05, 0.1) is 16.7 Å². The lowest BCUT2D eigenvalue weighted by Gasteiger charge is -2.09. The van der Waals surface area contributed by atoms with E-state index in [0.717, 1.165) is 12.2 Å². The zero-order chi connectivity index (χ0) is 16.9. The Morgan fingerprint density at radius 3 is 2.05 bits per heavy atom. The zero-order valence-corrected chi connectivity index (χ0v) is 14.7. The van der Waals surface area contributed by atoms with Gasteiger partial charge in [0.2, 0.25) is 0 Å². The first-order valence-corrected chi connectivity index (χ1v) is 7.63. The summed E-state index contributed by atoms with van der Waals surface area (Å²) in [7, 11) is 0. The normalized spacial score (nSPS) is 11.0. The molecule has 1 aromatic carbocycles. The molecular weight excluding hydrogens is 374 g/mol. The number of hydrogen-bond donors (Lipinski definition) is 0. The number of hydrogen-bond acceptors (Lipinski definition) is 4. The largest absolute Gasteiger partial charge is 0.462 e. The van der Waals surface area contributed by atoms with Gasteiger partial charge in [0.15, 0.2) is 5.75 Å². The molecule has 0 aliphatic carbocycles. The molecule has 0 N–H and O–H groups in total. The average molecular weight is 386 g/mol. The fourth-order valence-corrected chi connectivity index (χ4v) is 2.08. The van der Waals surface area contributed by atoms with E-state index in [1.54, 1.807) is 0 Å². The maximum Gasteiger partial charge on any atom is 0.336 e. The minimum absolute atomic E-state index is 0.0554. The minimum Gasteiger partial charge on any atom is -0.462 e. The summed E-state index contributed by atoms with van der Waals surface area (Å²) in [5.41, 5.74) is 0. The molecule has 0 aromatic heterocycles. The number of esters is 2. The van der Waals surface area contributed by atoms with Crippen molar-refractivity contribution in [3.8, 4) is 5.75 Å². The van der Waals surface area contributed by atoms with Gasteiger partial charge in [0.25, 0.3) is 0 Å². The first-order valence-electron chi connectivity index (χ1n) is 6.12. The van der Waals surface area contributed by atoms with E-state index in [4.69, 9.17) is 55.9 Å². The monoisotopic (exact) mass is 384 g/mol. The second kappa shape index (κ2) is 8.63. The lowest BCUT2D eigenvalue weighted by atomic mass is 10.2. The second-order valence-electron chi connectivity index (χ2n) is 4.58. The lowest BCUT2D eigenvalue weighted by molar-refractivity contribution is -0.139. The summed E-state index contributed by atoms with van der Waals surface area (Å²) in [5, 5.41) is 0.0544. The smallest absolute Gasteiger partial charge is 0.336 e.